The average Bonchev–Trinajstić information content (AvgIpc) is 2.83. The van der Waals surface area contributed by atoms with E-state index in [0.717, 1.165) is 24.0 Å². The van der Waals surface area contributed by atoms with Crippen LogP contribution in [0.3, 0.4) is 0 Å². The van der Waals surface area contributed by atoms with Gasteiger partial charge >= 0.3 is 0 Å². The van der Waals surface area contributed by atoms with E-state index in [1.165, 1.54) is 4.90 Å². The van der Waals surface area contributed by atoms with E-state index in [9.17, 15) is 14.4 Å². The molecule has 2 saturated heterocycles. The first-order valence-electron chi connectivity index (χ1n) is 8.36. The largest absolute Gasteiger partial charge is 0.369 e. The van der Waals surface area contributed by atoms with Gasteiger partial charge in [-0.3, -0.25) is 19.3 Å². The number of hydrogen-bond donors (Lipinski definition) is 1. The Morgan fingerprint density at radius 1 is 1.25 bits per heavy atom. The van der Waals surface area contributed by atoms with Crippen LogP contribution in [0.1, 0.15) is 30.4 Å². The maximum atomic E-state index is 12.9. The first-order chi connectivity index (χ1) is 11.4. The normalized spacial score (nSPS) is 25.3. The summed E-state index contributed by atoms with van der Waals surface area (Å²) in [7, 11) is 0. The van der Waals surface area contributed by atoms with Crippen molar-refractivity contribution < 1.29 is 14.4 Å². The Bertz CT molecular complexity index is 701. The van der Waals surface area contributed by atoms with E-state index in [-0.39, 0.29) is 30.1 Å². The van der Waals surface area contributed by atoms with Gasteiger partial charge < -0.3 is 5.73 Å². The number of nitrogens with two attached hydrogens (primary N) is 1. The van der Waals surface area contributed by atoms with Crippen LogP contribution < -0.4 is 10.6 Å². The number of carbonyl (C=O) groups is 3. The minimum atomic E-state index is -0.486. The van der Waals surface area contributed by atoms with Crippen molar-refractivity contribution in [2.45, 2.75) is 39.2 Å². The summed E-state index contributed by atoms with van der Waals surface area (Å²) >= 11 is 0. The highest BCUT2D eigenvalue weighted by Gasteiger charge is 2.44. The third-order valence-corrected chi connectivity index (χ3v) is 5.01. The van der Waals surface area contributed by atoms with Crippen LogP contribution in [0.15, 0.2) is 18.2 Å². The van der Waals surface area contributed by atoms with E-state index in [1.807, 2.05) is 36.9 Å². The van der Waals surface area contributed by atoms with Crippen molar-refractivity contribution in [3.05, 3.63) is 29.3 Å². The molecule has 1 aromatic rings. The Kier molecular flexibility index (Phi) is 4.41. The van der Waals surface area contributed by atoms with Crippen LogP contribution in [-0.2, 0) is 14.4 Å². The van der Waals surface area contributed by atoms with E-state index in [1.54, 1.807) is 0 Å². The summed E-state index contributed by atoms with van der Waals surface area (Å²) < 4.78 is 0. The summed E-state index contributed by atoms with van der Waals surface area (Å²) in [6, 6.07) is 5.21. The summed E-state index contributed by atoms with van der Waals surface area (Å²) in [6.45, 7) is 5.05. The van der Waals surface area contributed by atoms with Crippen molar-refractivity contribution in [1.29, 1.82) is 0 Å². The van der Waals surface area contributed by atoms with Gasteiger partial charge in [-0.1, -0.05) is 17.7 Å². The quantitative estimate of drug-likeness (QED) is 0.843. The van der Waals surface area contributed by atoms with Gasteiger partial charge in [0.05, 0.1) is 24.1 Å². The van der Waals surface area contributed by atoms with Crippen molar-refractivity contribution >= 4 is 23.4 Å². The highest BCUT2D eigenvalue weighted by atomic mass is 16.2. The Balaban J connectivity index is 1.82. The second-order valence-electron chi connectivity index (χ2n) is 6.81. The standard InChI is InChI=1S/C18H23N3O3/c1-11-5-6-14(12(2)8-11)21-16(22)9-15(18(21)24)20-7-3-4-13(10-20)17(19)23/h5-6,8,13,15H,3-4,7,9-10H2,1-2H3,(H2,19,23). The van der Waals surface area contributed by atoms with Gasteiger partial charge in [-0.2, -0.15) is 0 Å². The van der Waals surface area contributed by atoms with Crippen molar-refractivity contribution in [2.75, 3.05) is 18.0 Å². The molecule has 24 heavy (non-hydrogen) atoms. The molecule has 3 rings (SSSR count). The van der Waals surface area contributed by atoms with Crippen molar-refractivity contribution in [2.24, 2.45) is 11.7 Å². The molecular formula is C18H23N3O3. The van der Waals surface area contributed by atoms with Crippen LogP contribution >= 0.6 is 0 Å². The zero-order chi connectivity index (χ0) is 17.4. The maximum absolute atomic E-state index is 12.9. The van der Waals surface area contributed by atoms with E-state index in [0.29, 0.717) is 18.8 Å². The van der Waals surface area contributed by atoms with Crippen LogP contribution in [0.4, 0.5) is 5.69 Å². The first-order valence-corrected chi connectivity index (χ1v) is 8.36. The number of rotatable bonds is 3. The second kappa shape index (κ2) is 6.36. The monoisotopic (exact) mass is 329 g/mol. The number of primary amides is 1. The lowest BCUT2D eigenvalue weighted by molar-refractivity contribution is -0.127. The minimum Gasteiger partial charge on any atom is -0.369 e. The predicted octanol–water partition coefficient (Wildman–Crippen LogP) is 1.13. The Labute approximate surface area is 141 Å². The number of amides is 3. The lowest BCUT2D eigenvalue weighted by Gasteiger charge is -2.34. The average molecular weight is 329 g/mol. The summed E-state index contributed by atoms with van der Waals surface area (Å²) in [4.78, 5) is 40.1. The van der Waals surface area contributed by atoms with Crippen LogP contribution in [-0.4, -0.2) is 41.8 Å². The van der Waals surface area contributed by atoms with E-state index in [2.05, 4.69) is 0 Å². The van der Waals surface area contributed by atoms with Gasteiger partial charge in [0, 0.05) is 6.54 Å². The fourth-order valence-electron chi connectivity index (χ4n) is 3.73. The molecule has 0 aliphatic carbocycles. The maximum Gasteiger partial charge on any atom is 0.251 e. The van der Waals surface area contributed by atoms with Gasteiger partial charge in [0.15, 0.2) is 0 Å². The highest BCUT2D eigenvalue weighted by Crippen LogP contribution is 2.30. The first kappa shape index (κ1) is 16.6. The van der Waals surface area contributed by atoms with Crippen molar-refractivity contribution in [3.8, 4) is 0 Å². The Hall–Kier alpha value is -2.21. The molecule has 1 aromatic carbocycles. The Morgan fingerprint density at radius 3 is 2.67 bits per heavy atom. The van der Waals surface area contributed by atoms with Gasteiger partial charge in [-0.25, -0.2) is 4.90 Å². The molecule has 2 atom stereocenters. The van der Waals surface area contributed by atoms with Crippen molar-refractivity contribution in [3.63, 3.8) is 0 Å². The number of benzene rings is 1. The van der Waals surface area contributed by atoms with E-state index in [4.69, 9.17) is 5.73 Å². The number of likely N-dealkylation sites (tertiary alicyclic amines) is 1. The molecule has 0 bridgehead atoms. The number of carbonyl (C=O) groups excluding carboxylic acids is 3. The number of anilines is 1. The van der Waals surface area contributed by atoms with Crippen molar-refractivity contribution in [1.82, 2.24) is 4.90 Å². The molecule has 6 nitrogen and oxygen atoms in total. The van der Waals surface area contributed by atoms with Crippen LogP contribution in [0.25, 0.3) is 0 Å². The van der Waals surface area contributed by atoms with Crippen LogP contribution in [0, 0.1) is 19.8 Å². The topological polar surface area (TPSA) is 83.7 Å². The van der Waals surface area contributed by atoms with Gasteiger partial charge in [0.1, 0.15) is 0 Å². The molecule has 0 aromatic heterocycles. The molecule has 0 saturated carbocycles. The van der Waals surface area contributed by atoms with E-state index < -0.39 is 6.04 Å². The predicted molar refractivity (Wildman–Crippen MR) is 90.3 cm³/mol. The summed E-state index contributed by atoms with van der Waals surface area (Å²) in [5.74, 6) is -0.949. The van der Waals surface area contributed by atoms with Gasteiger partial charge in [0.25, 0.3) is 5.91 Å². The fraction of sp³-hybridized carbons (Fsp3) is 0.500. The zero-order valence-corrected chi connectivity index (χ0v) is 14.1. The second-order valence-corrected chi connectivity index (χ2v) is 6.81. The third-order valence-electron chi connectivity index (χ3n) is 5.01. The lowest BCUT2D eigenvalue weighted by Crippen LogP contribution is -2.49. The van der Waals surface area contributed by atoms with Gasteiger partial charge in [-0.05, 0) is 44.9 Å². The molecule has 6 heteroatoms. The molecule has 2 fully saturated rings. The third kappa shape index (κ3) is 2.94. The summed E-state index contributed by atoms with van der Waals surface area (Å²) in [5, 5.41) is 0. The number of piperidine rings is 1. The van der Waals surface area contributed by atoms with Gasteiger partial charge in [0.2, 0.25) is 11.8 Å². The highest BCUT2D eigenvalue weighted by molar-refractivity contribution is 6.22. The molecule has 2 aliphatic rings. The number of imide groups is 1. The minimum absolute atomic E-state index is 0.164. The smallest absolute Gasteiger partial charge is 0.251 e. The summed E-state index contributed by atoms with van der Waals surface area (Å²) in [6.07, 6.45) is 1.73. The molecule has 0 spiro atoms. The number of aryl methyl sites for hydroxylation is 2. The van der Waals surface area contributed by atoms with Crippen LogP contribution in [0.2, 0.25) is 0 Å². The van der Waals surface area contributed by atoms with E-state index >= 15 is 0 Å². The Morgan fingerprint density at radius 2 is 2.00 bits per heavy atom. The molecule has 2 heterocycles. The molecule has 2 N–H and O–H groups in total. The summed E-state index contributed by atoms with van der Waals surface area (Å²) in [5.41, 5.74) is 8.07. The van der Waals surface area contributed by atoms with Crippen LogP contribution in [0.5, 0.6) is 0 Å². The molecule has 2 aliphatic heterocycles. The SMILES string of the molecule is Cc1ccc(N2C(=O)CC(N3CCCC(C(N)=O)C3)C2=O)c(C)c1. The number of hydrogen-bond acceptors (Lipinski definition) is 4. The molecule has 0 radical (unpaired) electrons. The molecule has 2 unspecified atom stereocenters. The molecule has 128 valence electrons. The number of nitrogens with zero attached hydrogens (tertiary/aromatic N) is 2. The fourth-order valence-corrected chi connectivity index (χ4v) is 3.73. The molecule has 3 amide bonds. The zero-order valence-electron chi connectivity index (χ0n) is 14.1. The lowest BCUT2D eigenvalue weighted by atomic mass is 9.96. The molecular weight excluding hydrogens is 306 g/mol. The van der Waals surface area contributed by atoms with Gasteiger partial charge in [-0.15, -0.1) is 0 Å².